The number of hydrogen-bond acceptors (Lipinski definition) is 3. The molecule has 0 aliphatic carbocycles. The van der Waals surface area contributed by atoms with E-state index < -0.39 is 0 Å². The van der Waals surface area contributed by atoms with Gasteiger partial charge >= 0.3 is 0 Å². The van der Waals surface area contributed by atoms with Gasteiger partial charge in [0.2, 0.25) is 0 Å². The van der Waals surface area contributed by atoms with Crippen molar-refractivity contribution in [2.24, 2.45) is 5.41 Å². The number of ketones is 1. The van der Waals surface area contributed by atoms with Gasteiger partial charge in [0.15, 0.2) is 5.78 Å². The molecule has 0 saturated carbocycles. The van der Waals surface area contributed by atoms with Gasteiger partial charge in [0, 0.05) is 17.0 Å². The van der Waals surface area contributed by atoms with Crippen molar-refractivity contribution in [2.75, 3.05) is 25.1 Å². The van der Waals surface area contributed by atoms with Crippen molar-refractivity contribution in [1.82, 2.24) is 0 Å². The number of ether oxygens (including phenoxy) is 1. The van der Waals surface area contributed by atoms with Crippen molar-refractivity contribution in [3.63, 3.8) is 0 Å². The Morgan fingerprint density at radius 1 is 1.39 bits per heavy atom. The van der Waals surface area contributed by atoms with Gasteiger partial charge in [0.05, 0.1) is 19.3 Å². The zero-order valence-corrected chi connectivity index (χ0v) is 11.8. The Morgan fingerprint density at radius 3 is 2.72 bits per heavy atom. The highest BCUT2D eigenvalue weighted by Crippen LogP contribution is 2.35. The van der Waals surface area contributed by atoms with Crippen LogP contribution in [0.25, 0.3) is 0 Å². The van der Waals surface area contributed by atoms with Crippen LogP contribution in [-0.4, -0.2) is 26.0 Å². The van der Waals surface area contributed by atoms with Gasteiger partial charge in [-0.25, -0.2) is 0 Å². The number of anilines is 1. The van der Waals surface area contributed by atoms with E-state index in [-0.39, 0.29) is 11.2 Å². The number of hydrogen-bond donors (Lipinski definition) is 0. The van der Waals surface area contributed by atoms with Crippen molar-refractivity contribution >= 4 is 23.1 Å². The molecule has 0 radical (unpaired) electrons. The number of halogens is 1. The maximum Gasteiger partial charge on any atom is 0.157 e. The van der Waals surface area contributed by atoms with E-state index in [1.807, 2.05) is 30.9 Å². The second kappa shape index (κ2) is 4.81. The van der Waals surface area contributed by atoms with Gasteiger partial charge in [-0.3, -0.25) is 4.79 Å². The van der Waals surface area contributed by atoms with Gasteiger partial charge in [0.1, 0.15) is 5.75 Å². The van der Waals surface area contributed by atoms with Gasteiger partial charge in [-0.05, 0) is 24.6 Å². The summed E-state index contributed by atoms with van der Waals surface area (Å²) in [6, 6.07) is 5.48. The minimum Gasteiger partial charge on any atom is -0.495 e. The summed E-state index contributed by atoms with van der Waals surface area (Å²) < 4.78 is 5.33. The van der Waals surface area contributed by atoms with E-state index in [4.69, 9.17) is 16.3 Å². The molecule has 18 heavy (non-hydrogen) atoms. The quantitative estimate of drug-likeness (QED) is 0.824. The van der Waals surface area contributed by atoms with Gasteiger partial charge in [-0.2, -0.15) is 0 Å². The average molecular weight is 268 g/mol. The third-order valence-corrected chi connectivity index (χ3v) is 3.81. The third kappa shape index (κ3) is 2.46. The zero-order valence-electron chi connectivity index (χ0n) is 11.0. The molecule has 1 heterocycles. The van der Waals surface area contributed by atoms with Crippen molar-refractivity contribution in [3.8, 4) is 5.75 Å². The molecule has 0 bridgehead atoms. The van der Waals surface area contributed by atoms with Gasteiger partial charge < -0.3 is 9.64 Å². The number of Topliss-reactive ketones (excluding diaryl/α,β-unsaturated/α-hetero) is 1. The molecule has 1 aliphatic rings. The maximum absolute atomic E-state index is 12.1. The van der Waals surface area contributed by atoms with Gasteiger partial charge in [-0.15, -0.1) is 0 Å². The Labute approximate surface area is 113 Å². The van der Waals surface area contributed by atoms with E-state index >= 15 is 0 Å². The Kier molecular flexibility index (Phi) is 3.53. The molecule has 0 N–H and O–H groups in total. The summed E-state index contributed by atoms with van der Waals surface area (Å²) in [6.45, 7) is 5.27. The van der Waals surface area contributed by atoms with Crippen LogP contribution >= 0.6 is 11.6 Å². The Hall–Kier alpha value is -1.22. The van der Waals surface area contributed by atoms with E-state index in [0.717, 1.165) is 24.4 Å². The van der Waals surface area contributed by atoms with Crippen LogP contribution in [0.1, 0.15) is 20.3 Å². The van der Waals surface area contributed by atoms with Crippen LogP contribution in [0.4, 0.5) is 5.69 Å². The highest BCUT2D eigenvalue weighted by Gasteiger charge is 2.34. The SMILES string of the molecule is COc1ccc(Cl)cc1N1CCC(C)(C)C(=O)C1. The molecular weight excluding hydrogens is 250 g/mol. The lowest BCUT2D eigenvalue weighted by molar-refractivity contribution is -0.127. The number of methoxy groups -OCH3 is 1. The minimum atomic E-state index is -0.220. The molecule has 1 aromatic rings. The van der Waals surface area contributed by atoms with Crippen LogP contribution < -0.4 is 9.64 Å². The largest absolute Gasteiger partial charge is 0.495 e. The summed E-state index contributed by atoms with van der Waals surface area (Å²) in [5.74, 6) is 1.02. The first kappa shape index (κ1) is 13.2. The topological polar surface area (TPSA) is 29.5 Å². The second-order valence-electron chi connectivity index (χ2n) is 5.29. The smallest absolute Gasteiger partial charge is 0.157 e. The second-order valence-corrected chi connectivity index (χ2v) is 5.73. The number of benzene rings is 1. The van der Waals surface area contributed by atoms with Gasteiger partial charge in [-0.1, -0.05) is 25.4 Å². The molecular formula is C14H18ClNO2. The fourth-order valence-electron chi connectivity index (χ4n) is 2.14. The molecule has 4 heteroatoms. The first-order valence-electron chi connectivity index (χ1n) is 6.06. The third-order valence-electron chi connectivity index (χ3n) is 3.58. The Morgan fingerprint density at radius 2 is 2.11 bits per heavy atom. The predicted molar refractivity (Wildman–Crippen MR) is 73.6 cm³/mol. The first-order valence-corrected chi connectivity index (χ1v) is 6.43. The zero-order chi connectivity index (χ0) is 13.3. The molecule has 0 atom stereocenters. The standard InChI is InChI=1S/C14H18ClNO2/c1-14(2)6-7-16(9-13(14)17)11-8-10(15)4-5-12(11)18-3/h4-5,8H,6-7,9H2,1-3H3. The summed E-state index contributed by atoms with van der Waals surface area (Å²) in [7, 11) is 1.63. The van der Waals surface area contributed by atoms with E-state index in [1.54, 1.807) is 13.2 Å². The molecule has 1 fully saturated rings. The van der Waals surface area contributed by atoms with Crippen molar-refractivity contribution in [1.29, 1.82) is 0 Å². The fourth-order valence-corrected chi connectivity index (χ4v) is 2.30. The monoisotopic (exact) mass is 267 g/mol. The van der Waals surface area contributed by atoms with Crippen LogP contribution in [0, 0.1) is 5.41 Å². The number of rotatable bonds is 2. The van der Waals surface area contributed by atoms with E-state index in [9.17, 15) is 4.79 Å². The summed E-state index contributed by atoms with van der Waals surface area (Å²) in [6.07, 6.45) is 0.849. The number of piperidine rings is 1. The molecule has 2 rings (SSSR count). The lowest BCUT2D eigenvalue weighted by Gasteiger charge is -2.37. The number of nitrogens with zero attached hydrogens (tertiary/aromatic N) is 1. The highest BCUT2D eigenvalue weighted by molar-refractivity contribution is 6.31. The lowest BCUT2D eigenvalue weighted by atomic mass is 9.81. The molecule has 98 valence electrons. The van der Waals surface area contributed by atoms with E-state index in [0.29, 0.717) is 11.6 Å². The molecule has 0 unspecified atom stereocenters. The summed E-state index contributed by atoms with van der Waals surface area (Å²) in [5, 5.41) is 0.656. The van der Waals surface area contributed by atoms with Crippen LogP contribution in [0.2, 0.25) is 5.02 Å². The normalized spacial score (nSPS) is 18.9. The summed E-state index contributed by atoms with van der Waals surface area (Å²) in [4.78, 5) is 14.1. The number of carbonyl (C=O) groups is 1. The molecule has 0 amide bonds. The molecule has 1 aromatic carbocycles. The molecule has 0 aromatic heterocycles. The Balaban J connectivity index is 2.28. The molecule has 3 nitrogen and oxygen atoms in total. The summed E-state index contributed by atoms with van der Waals surface area (Å²) in [5.41, 5.74) is 0.677. The van der Waals surface area contributed by atoms with E-state index in [1.165, 1.54) is 0 Å². The Bertz CT molecular complexity index is 471. The number of carbonyl (C=O) groups excluding carboxylic acids is 1. The van der Waals surface area contributed by atoms with Crippen molar-refractivity contribution in [2.45, 2.75) is 20.3 Å². The highest BCUT2D eigenvalue weighted by atomic mass is 35.5. The van der Waals surface area contributed by atoms with Crippen LogP contribution in [0.15, 0.2) is 18.2 Å². The van der Waals surface area contributed by atoms with E-state index in [2.05, 4.69) is 0 Å². The van der Waals surface area contributed by atoms with Crippen molar-refractivity contribution < 1.29 is 9.53 Å². The maximum atomic E-state index is 12.1. The minimum absolute atomic E-state index is 0.220. The van der Waals surface area contributed by atoms with Crippen LogP contribution in [0.3, 0.4) is 0 Å². The fraction of sp³-hybridized carbons (Fsp3) is 0.500. The molecule has 0 spiro atoms. The van der Waals surface area contributed by atoms with Gasteiger partial charge in [0.25, 0.3) is 0 Å². The lowest BCUT2D eigenvalue weighted by Crippen LogP contribution is -2.45. The van der Waals surface area contributed by atoms with Crippen molar-refractivity contribution in [3.05, 3.63) is 23.2 Å². The molecule has 1 aliphatic heterocycles. The van der Waals surface area contributed by atoms with Crippen LogP contribution in [-0.2, 0) is 4.79 Å². The molecule has 1 saturated heterocycles. The first-order chi connectivity index (χ1) is 8.44. The summed E-state index contributed by atoms with van der Waals surface area (Å²) >= 11 is 6.02. The average Bonchev–Trinajstić information content (AvgIpc) is 2.33. The van der Waals surface area contributed by atoms with Crippen LogP contribution in [0.5, 0.6) is 5.75 Å². The predicted octanol–water partition coefficient (Wildman–Crippen LogP) is 3.15.